The summed E-state index contributed by atoms with van der Waals surface area (Å²) in [6.07, 6.45) is -0.822. The van der Waals surface area contributed by atoms with Gasteiger partial charge in [0, 0.05) is 28.7 Å². The minimum Gasteiger partial charge on any atom is -0.507 e. The molecule has 1 aliphatic rings. The smallest absolute Gasteiger partial charge is 0.339 e. The van der Waals surface area contributed by atoms with Crippen molar-refractivity contribution >= 4 is 29.6 Å². The van der Waals surface area contributed by atoms with Crippen molar-refractivity contribution in [3.05, 3.63) is 22.8 Å². The van der Waals surface area contributed by atoms with Crippen molar-refractivity contribution in [2.75, 3.05) is 20.0 Å². The van der Waals surface area contributed by atoms with Crippen LogP contribution in [-0.2, 0) is 24.8 Å². The molecule has 2 atom stereocenters. The van der Waals surface area contributed by atoms with Gasteiger partial charge in [0.15, 0.2) is 0 Å². The lowest BCUT2D eigenvalue weighted by Crippen LogP contribution is -2.44. The van der Waals surface area contributed by atoms with Gasteiger partial charge in [-0.25, -0.2) is 9.59 Å². The highest BCUT2D eigenvalue weighted by Crippen LogP contribution is 2.35. The summed E-state index contributed by atoms with van der Waals surface area (Å²) in [5.74, 6) is -0.892. The molecule has 0 radical (unpaired) electrons. The molecule has 2 rings (SSSR count). The predicted octanol–water partition coefficient (Wildman–Crippen LogP) is 1.55. The molecule has 1 heterocycles. The van der Waals surface area contributed by atoms with Crippen LogP contribution in [0.3, 0.4) is 0 Å². The minimum absolute atomic E-state index is 0.0970. The monoisotopic (exact) mass is 397 g/mol. The summed E-state index contributed by atoms with van der Waals surface area (Å²) in [5, 5.41) is 13.0. The number of methoxy groups -OCH3 is 2. The van der Waals surface area contributed by atoms with Crippen molar-refractivity contribution in [3.63, 3.8) is 0 Å². The largest absolute Gasteiger partial charge is 0.507 e. The number of benzene rings is 1. The molecule has 0 unspecified atom stereocenters. The molecule has 0 saturated heterocycles. The highest BCUT2D eigenvalue weighted by atomic mass is 32.2. The number of aromatic hydroxyl groups is 1. The zero-order valence-corrected chi connectivity index (χ0v) is 16.5. The number of esters is 2. The number of carbonyl (C=O) groups is 3. The van der Waals surface area contributed by atoms with Crippen LogP contribution in [0, 0.1) is 6.92 Å². The average Bonchev–Trinajstić information content (AvgIpc) is 2.61. The standard InChI is InChI=1S/C18H23NO7S/c1-9-5-15(21)19-12(17(22)25-4)8-27-7-11-13(20)6-14(24-3)10(2)16(11)18(23)26-9/h6,9,12,20H,5,7-8H2,1-4H3,(H,19,21)/t9-,12-/m0/s1. The van der Waals surface area contributed by atoms with Gasteiger partial charge in [-0.3, -0.25) is 4.79 Å². The van der Waals surface area contributed by atoms with E-state index in [0.717, 1.165) is 0 Å². The number of thioether (sulfide) groups is 1. The van der Waals surface area contributed by atoms with Gasteiger partial charge >= 0.3 is 11.9 Å². The molecule has 148 valence electrons. The van der Waals surface area contributed by atoms with Crippen LogP contribution in [0.15, 0.2) is 6.07 Å². The van der Waals surface area contributed by atoms with E-state index < -0.39 is 30.0 Å². The van der Waals surface area contributed by atoms with Crippen molar-refractivity contribution < 1.29 is 33.7 Å². The lowest BCUT2D eigenvalue weighted by Gasteiger charge is -2.22. The van der Waals surface area contributed by atoms with E-state index in [0.29, 0.717) is 16.9 Å². The number of phenols is 1. The molecule has 0 saturated carbocycles. The Hall–Kier alpha value is -2.42. The number of carbonyl (C=O) groups excluding carboxylic acids is 3. The topological polar surface area (TPSA) is 111 Å². The normalized spacial score (nSPS) is 21.0. The number of fused-ring (bicyclic) bond motifs is 1. The molecule has 9 heteroatoms. The number of phenolic OH excluding ortho intramolecular Hbond substituents is 1. The Morgan fingerprint density at radius 2 is 2.07 bits per heavy atom. The van der Waals surface area contributed by atoms with Gasteiger partial charge in [0.1, 0.15) is 23.6 Å². The van der Waals surface area contributed by atoms with E-state index in [1.54, 1.807) is 13.8 Å². The molecular formula is C18H23NO7S. The van der Waals surface area contributed by atoms with Gasteiger partial charge in [0.05, 0.1) is 26.2 Å². The molecule has 1 aromatic carbocycles. The van der Waals surface area contributed by atoms with Crippen molar-refractivity contribution in [2.24, 2.45) is 0 Å². The zero-order chi connectivity index (χ0) is 20.1. The van der Waals surface area contributed by atoms with Crippen LogP contribution in [0.1, 0.15) is 34.8 Å². The molecule has 8 nitrogen and oxygen atoms in total. The Kier molecular flexibility index (Phi) is 6.95. The number of cyclic esters (lactones) is 1. The quantitative estimate of drug-likeness (QED) is 0.723. The van der Waals surface area contributed by atoms with E-state index in [2.05, 4.69) is 5.32 Å². The van der Waals surface area contributed by atoms with Crippen LogP contribution in [0.2, 0.25) is 0 Å². The van der Waals surface area contributed by atoms with Gasteiger partial charge < -0.3 is 24.6 Å². The van der Waals surface area contributed by atoms with E-state index in [1.165, 1.54) is 32.0 Å². The maximum Gasteiger partial charge on any atom is 0.339 e. The first-order chi connectivity index (χ1) is 12.8. The maximum atomic E-state index is 12.7. The summed E-state index contributed by atoms with van der Waals surface area (Å²) in [7, 11) is 2.69. The molecule has 0 aromatic heterocycles. The number of hydrogen-bond acceptors (Lipinski definition) is 8. The number of nitrogens with one attached hydrogen (secondary N) is 1. The molecule has 0 aliphatic carbocycles. The van der Waals surface area contributed by atoms with Gasteiger partial charge in [0.2, 0.25) is 5.91 Å². The summed E-state index contributed by atoms with van der Waals surface area (Å²) in [6.45, 7) is 3.28. The third kappa shape index (κ3) is 4.85. The second kappa shape index (κ2) is 8.98. The molecule has 0 bridgehead atoms. The number of rotatable bonds is 2. The Morgan fingerprint density at radius 1 is 1.37 bits per heavy atom. The Bertz CT molecular complexity index is 750. The molecule has 0 spiro atoms. The SMILES string of the molecule is COC(=O)[C@@H]1CSCc2c(O)cc(OC)c(C)c2C(=O)O[C@@H](C)CC(=O)N1. The average molecular weight is 397 g/mol. The van der Waals surface area contributed by atoms with Crippen LogP contribution in [-0.4, -0.2) is 55.1 Å². The van der Waals surface area contributed by atoms with Crippen LogP contribution >= 0.6 is 11.8 Å². The molecule has 2 N–H and O–H groups in total. The van der Waals surface area contributed by atoms with Crippen LogP contribution in [0.25, 0.3) is 0 Å². The number of ether oxygens (including phenoxy) is 3. The van der Waals surface area contributed by atoms with Crippen molar-refractivity contribution in [3.8, 4) is 11.5 Å². The first-order valence-corrected chi connectivity index (χ1v) is 9.49. The minimum atomic E-state index is -0.834. The van der Waals surface area contributed by atoms with E-state index >= 15 is 0 Å². The highest BCUT2D eigenvalue weighted by Gasteiger charge is 2.28. The van der Waals surface area contributed by atoms with E-state index in [9.17, 15) is 19.5 Å². The first-order valence-electron chi connectivity index (χ1n) is 8.33. The molecule has 27 heavy (non-hydrogen) atoms. The number of amides is 1. The van der Waals surface area contributed by atoms with E-state index in [-0.39, 0.29) is 29.2 Å². The Balaban J connectivity index is 2.45. The zero-order valence-electron chi connectivity index (χ0n) is 15.7. The fourth-order valence-electron chi connectivity index (χ4n) is 2.82. The summed E-state index contributed by atoms with van der Waals surface area (Å²) in [5.41, 5.74) is 1.14. The molecule has 1 aliphatic heterocycles. The van der Waals surface area contributed by atoms with Crippen LogP contribution in [0.5, 0.6) is 11.5 Å². The highest BCUT2D eigenvalue weighted by molar-refractivity contribution is 7.98. The van der Waals surface area contributed by atoms with Gasteiger partial charge in [-0.15, -0.1) is 0 Å². The van der Waals surface area contributed by atoms with Gasteiger partial charge in [-0.1, -0.05) is 0 Å². The third-order valence-corrected chi connectivity index (χ3v) is 5.24. The predicted molar refractivity (Wildman–Crippen MR) is 99.0 cm³/mol. The third-order valence-electron chi connectivity index (χ3n) is 4.18. The number of hydrogen-bond donors (Lipinski definition) is 2. The molecule has 0 fully saturated rings. The van der Waals surface area contributed by atoms with E-state index in [4.69, 9.17) is 14.2 Å². The van der Waals surface area contributed by atoms with Crippen molar-refractivity contribution in [2.45, 2.75) is 38.2 Å². The van der Waals surface area contributed by atoms with Gasteiger partial charge in [-0.05, 0) is 13.8 Å². The van der Waals surface area contributed by atoms with Gasteiger partial charge in [-0.2, -0.15) is 11.8 Å². The maximum absolute atomic E-state index is 12.7. The van der Waals surface area contributed by atoms with Crippen LogP contribution < -0.4 is 10.1 Å². The summed E-state index contributed by atoms with van der Waals surface area (Å²) in [6, 6.07) is 0.608. The summed E-state index contributed by atoms with van der Waals surface area (Å²) < 4.78 is 15.3. The Morgan fingerprint density at radius 3 is 2.70 bits per heavy atom. The van der Waals surface area contributed by atoms with E-state index in [1.807, 2.05) is 0 Å². The molecular weight excluding hydrogens is 374 g/mol. The van der Waals surface area contributed by atoms with Crippen molar-refractivity contribution in [1.29, 1.82) is 0 Å². The fourth-order valence-corrected chi connectivity index (χ4v) is 3.89. The fraction of sp³-hybridized carbons (Fsp3) is 0.500. The molecule has 1 aromatic rings. The molecule has 1 amide bonds. The lowest BCUT2D eigenvalue weighted by atomic mass is 10.0. The van der Waals surface area contributed by atoms with Gasteiger partial charge in [0.25, 0.3) is 0 Å². The summed E-state index contributed by atoms with van der Waals surface area (Å²) in [4.78, 5) is 36.7. The van der Waals surface area contributed by atoms with Crippen LogP contribution in [0.4, 0.5) is 0 Å². The van der Waals surface area contributed by atoms with Crippen molar-refractivity contribution in [1.82, 2.24) is 5.32 Å². The summed E-state index contributed by atoms with van der Waals surface area (Å²) >= 11 is 1.28. The second-order valence-corrected chi connectivity index (χ2v) is 7.19. The lowest BCUT2D eigenvalue weighted by molar-refractivity contribution is -0.144. The first kappa shape index (κ1) is 20.9. The second-order valence-electron chi connectivity index (χ2n) is 6.15. The Labute approximate surface area is 161 Å².